The Bertz CT molecular complexity index is 657. The molecule has 1 aromatic carbocycles. The summed E-state index contributed by atoms with van der Waals surface area (Å²) >= 11 is 0. The SMILES string of the molecule is COc1ccc(C2=CC(C)(CN)C(=O)N(CC3CC3)N2)cc1F. The first-order chi connectivity index (χ1) is 11.0. The van der Waals surface area contributed by atoms with Crippen LogP contribution in [-0.4, -0.2) is 31.1 Å². The van der Waals surface area contributed by atoms with E-state index in [0.717, 1.165) is 12.8 Å². The van der Waals surface area contributed by atoms with Crippen molar-refractivity contribution in [2.75, 3.05) is 20.2 Å². The van der Waals surface area contributed by atoms with E-state index in [1.807, 2.05) is 6.92 Å². The minimum atomic E-state index is -0.786. The summed E-state index contributed by atoms with van der Waals surface area (Å²) < 4.78 is 18.9. The van der Waals surface area contributed by atoms with Gasteiger partial charge in [0, 0.05) is 18.7 Å². The third-order valence-corrected chi connectivity index (χ3v) is 4.48. The molecule has 3 N–H and O–H groups in total. The van der Waals surface area contributed by atoms with Gasteiger partial charge in [0.25, 0.3) is 5.91 Å². The maximum Gasteiger partial charge on any atom is 0.252 e. The van der Waals surface area contributed by atoms with E-state index in [4.69, 9.17) is 10.5 Å². The number of rotatable bonds is 5. The van der Waals surface area contributed by atoms with E-state index in [2.05, 4.69) is 5.43 Å². The molecule has 0 radical (unpaired) electrons. The fourth-order valence-electron chi connectivity index (χ4n) is 2.73. The van der Waals surface area contributed by atoms with Crippen LogP contribution in [0.25, 0.3) is 5.70 Å². The van der Waals surface area contributed by atoms with Crippen molar-refractivity contribution in [3.63, 3.8) is 0 Å². The van der Waals surface area contributed by atoms with Gasteiger partial charge >= 0.3 is 0 Å². The van der Waals surface area contributed by atoms with Crippen molar-refractivity contribution in [1.82, 2.24) is 10.4 Å². The smallest absolute Gasteiger partial charge is 0.252 e. The average Bonchev–Trinajstić information content (AvgIpc) is 3.35. The van der Waals surface area contributed by atoms with Crippen LogP contribution in [0.5, 0.6) is 5.75 Å². The Morgan fingerprint density at radius 2 is 2.22 bits per heavy atom. The Balaban J connectivity index is 1.94. The Labute approximate surface area is 135 Å². The number of halogens is 1. The fourth-order valence-corrected chi connectivity index (χ4v) is 2.73. The molecule has 0 aromatic heterocycles. The van der Waals surface area contributed by atoms with Crippen LogP contribution in [-0.2, 0) is 4.79 Å². The normalized spacial score (nSPS) is 24.3. The summed E-state index contributed by atoms with van der Waals surface area (Å²) in [6.45, 7) is 2.68. The third kappa shape index (κ3) is 3.03. The van der Waals surface area contributed by atoms with E-state index in [1.54, 1.807) is 23.2 Å². The molecule has 1 aromatic rings. The molecule has 124 valence electrons. The van der Waals surface area contributed by atoms with E-state index in [0.29, 0.717) is 23.7 Å². The molecule has 1 saturated carbocycles. The minimum absolute atomic E-state index is 0.0374. The zero-order valence-corrected chi connectivity index (χ0v) is 13.4. The van der Waals surface area contributed by atoms with Crippen molar-refractivity contribution in [2.45, 2.75) is 19.8 Å². The van der Waals surface area contributed by atoms with Gasteiger partial charge in [-0.15, -0.1) is 0 Å². The topological polar surface area (TPSA) is 67.6 Å². The van der Waals surface area contributed by atoms with Crippen molar-refractivity contribution < 1.29 is 13.9 Å². The number of hydrogen-bond donors (Lipinski definition) is 2. The number of carbonyl (C=O) groups is 1. The lowest BCUT2D eigenvalue weighted by atomic mass is 9.85. The molecule has 1 atom stereocenters. The zero-order valence-electron chi connectivity index (χ0n) is 13.4. The highest BCUT2D eigenvalue weighted by Gasteiger charge is 2.40. The maximum atomic E-state index is 14.0. The molecule has 0 spiro atoms. The van der Waals surface area contributed by atoms with Crippen molar-refractivity contribution in [1.29, 1.82) is 0 Å². The summed E-state index contributed by atoms with van der Waals surface area (Å²) in [6, 6.07) is 4.75. The van der Waals surface area contributed by atoms with E-state index in [-0.39, 0.29) is 18.2 Å². The van der Waals surface area contributed by atoms with Gasteiger partial charge in [0.05, 0.1) is 18.2 Å². The molecule has 1 aliphatic carbocycles. The molecule has 3 rings (SSSR count). The Morgan fingerprint density at radius 1 is 1.48 bits per heavy atom. The fraction of sp³-hybridized carbons (Fsp3) is 0.471. The maximum absolute atomic E-state index is 14.0. The predicted molar refractivity (Wildman–Crippen MR) is 85.7 cm³/mol. The molecular weight excluding hydrogens is 297 g/mol. The van der Waals surface area contributed by atoms with Gasteiger partial charge in [-0.05, 0) is 50.0 Å². The summed E-state index contributed by atoms with van der Waals surface area (Å²) in [7, 11) is 1.43. The van der Waals surface area contributed by atoms with E-state index >= 15 is 0 Å². The third-order valence-electron chi connectivity index (χ3n) is 4.48. The molecule has 0 saturated heterocycles. The van der Waals surface area contributed by atoms with Crippen molar-refractivity contribution >= 4 is 11.6 Å². The zero-order chi connectivity index (χ0) is 16.6. The highest BCUT2D eigenvalue weighted by atomic mass is 19.1. The van der Waals surface area contributed by atoms with Crippen LogP contribution < -0.4 is 15.9 Å². The molecule has 5 nitrogen and oxygen atoms in total. The monoisotopic (exact) mass is 319 g/mol. The number of hydrogen-bond acceptors (Lipinski definition) is 4. The molecule has 1 aliphatic heterocycles. The first-order valence-corrected chi connectivity index (χ1v) is 7.82. The first kappa shape index (κ1) is 15.8. The van der Waals surface area contributed by atoms with Crippen LogP contribution in [0.3, 0.4) is 0 Å². The standard InChI is InChI=1S/C17H22FN3O2/c1-17(10-19)8-14(12-5-6-15(23-2)13(18)7-12)20-21(16(17)22)9-11-3-4-11/h5-8,11,20H,3-4,9-10,19H2,1-2H3. The van der Waals surface area contributed by atoms with E-state index < -0.39 is 11.2 Å². The van der Waals surface area contributed by atoms with Gasteiger partial charge in [-0.1, -0.05) is 0 Å². The van der Waals surface area contributed by atoms with Crippen LogP contribution >= 0.6 is 0 Å². The molecule has 2 aliphatic rings. The van der Waals surface area contributed by atoms with Gasteiger partial charge in [0.1, 0.15) is 0 Å². The van der Waals surface area contributed by atoms with Crippen molar-refractivity contribution in [3.8, 4) is 5.75 Å². The van der Waals surface area contributed by atoms with Gasteiger partial charge in [-0.25, -0.2) is 4.39 Å². The number of hydrazine groups is 1. The van der Waals surface area contributed by atoms with E-state index in [1.165, 1.54) is 13.2 Å². The van der Waals surface area contributed by atoms with Crippen LogP contribution in [0.15, 0.2) is 24.3 Å². The summed E-state index contributed by atoms with van der Waals surface area (Å²) in [4.78, 5) is 12.6. The molecule has 23 heavy (non-hydrogen) atoms. The molecule has 1 unspecified atom stereocenters. The Morgan fingerprint density at radius 3 is 2.78 bits per heavy atom. The van der Waals surface area contributed by atoms with Crippen LogP contribution in [0, 0.1) is 17.2 Å². The highest BCUT2D eigenvalue weighted by molar-refractivity contribution is 5.90. The second-order valence-corrected chi connectivity index (χ2v) is 6.50. The van der Waals surface area contributed by atoms with Crippen LogP contribution in [0.2, 0.25) is 0 Å². The van der Waals surface area contributed by atoms with Gasteiger partial charge < -0.3 is 10.5 Å². The van der Waals surface area contributed by atoms with Gasteiger partial charge in [0.2, 0.25) is 0 Å². The largest absolute Gasteiger partial charge is 0.494 e. The molecule has 1 amide bonds. The number of methoxy groups -OCH3 is 1. The summed E-state index contributed by atoms with van der Waals surface area (Å²) in [5.74, 6) is 0.260. The van der Waals surface area contributed by atoms with Gasteiger partial charge in [-0.2, -0.15) is 0 Å². The molecular formula is C17H22FN3O2. The van der Waals surface area contributed by atoms with Crippen molar-refractivity contribution in [3.05, 3.63) is 35.7 Å². The number of benzene rings is 1. The average molecular weight is 319 g/mol. The highest BCUT2D eigenvalue weighted by Crippen LogP contribution is 2.35. The lowest BCUT2D eigenvalue weighted by molar-refractivity contribution is -0.141. The van der Waals surface area contributed by atoms with E-state index in [9.17, 15) is 9.18 Å². The number of amides is 1. The summed E-state index contributed by atoms with van der Waals surface area (Å²) in [5, 5.41) is 1.63. The molecule has 6 heteroatoms. The lowest BCUT2D eigenvalue weighted by Gasteiger charge is -2.38. The number of ether oxygens (including phenoxy) is 1. The van der Waals surface area contributed by atoms with Crippen LogP contribution in [0.4, 0.5) is 4.39 Å². The minimum Gasteiger partial charge on any atom is -0.494 e. The molecule has 0 bridgehead atoms. The second kappa shape index (κ2) is 5.85. The number of nitrogens with one attached hydrogen (secondary N) is 1. The molecule has 1 fully saturated rings. The number of nitrogens with zero attached hydrogens (tertiary/aromatic N) is 1. The number of nitrogens with two attached hydrogens (primary N) is 1. The Kier molecular flexibility index (Phi) is 4.02. The first-order valence-electron chi connectivity index (χ1n) is 7.82. The van der Waals surface area contributed by atoms with Crippen molar-refractivity contribution in [2.24, 2.45) is 17.1 Å². The Hall–Kier alpha value is -2.08. The van der Waals surface area contributed by atoms with Gasteiger partial charge in [0.15, 0.2) is 11.6 Å². The second-order valence-electron chi connectivity index (χ2n) is 6.50. The summed E-state index contributed by atoms with van der Waals surface area (Å²) in [6.07, 6.45) is 4.07. The molecule has 1 heterocycles. The quantitative estimate of drug-likeness (QED) is 0.870. The number of carbonyl (C=O) groups excluding carboxylic acids is 1. The predicted octanol–water partition coefficient (Wildman–Crippen LogP) is 1.90. The van der Waals surface area contributed by atoms with Gasteiger partial charge in [-0.3, -0.25) is 15.2 Å². The van der Waals surface area contributed by atoms with Crippen LogP contribution in [0.1, 0.15) is 25.3 Å². The summed E-state index contributed by atoms with van der Waals surface area (Å²) in [5.41, 5.74) is 9.54. The lowest BCUT2D eigenvalue weighted by Crippen LogP contribution is -2.55.